The second-order valence-corrected chi connectivity index (χ2v) is 4.72. The van der Waals surface area contributed by atoms with Crippen LogP contribution in [0, 0.1) is 6.92 Å². The van der Waals surface area contributed by atoms with Crippen molar-refractivity contribution in [2.24, 2.45) is 0 Å². The highest BCUT2D eigenvalue weighted by atomic mass is 35.5. The summed E-state index contributed by atoms with van der Waals surface area (Å²) in [6.07, 6.45) is 0. The Hall–Kier alpha value is -2.00. The smallest absolute Gasteiger partial charge is 0.251 e. The van der Waals surface area contributed by atoms with Crippen molar-refractivity contribution in [3.05, 3.63) is 64.2 Å². The first-order chi connectivity index (χ1) is 9.06. The van der Waals surface area contributed by atoms with Gasteiger partial charge in [-0.05, 0) is 48.4 Å². The van der Waals surface area contributed by atoms with Gasteiger partial charge in [0.15, 0.2) is 0 Å². The minimum atomic E-state index is -0.164. The zero-order chi connectivity index (χ0) is 13.8. The van der Waals surface area contributed by atoms with Crippen LogP contribution in [0.1, 0.15) is 21.5 Å². The SMILES string of the molecule is Cc1cc(C(=O)NCc2cccc(O)c2)ccc1Cl. The molecule has 0 unspecified atom stereocenters. The molecule has 0 saturated heterocycles. The van der Waals surface area contributed by atoms with Gasteiger partial charge in [0.25, 0.3) is 5.91 Å². The summed E-state index contributed by atoms with van der Waals surface area (Å²) in [5.41, 5.74) is 2.28. The molecule has 1 amide bonds. The Bertz CT molecular complexity index is 611. The molecule has 98 valence electrons. The van der Waals surface area contributed by atoms with Crippen LogP contribution in [0.3, 0.4) is 0 Å². The van der Waals surface area contributed by atoms with Crippen LogP contribution in [0.15, 0.2) is 42.5 Å². The number of hydrogen-bond donors (Lipinski definition) is 2. The van der Waals surface area contributed by atoms with E-state index in [0.717, 1.165) is 11.1 Å². The molecule has 0 radical (unpaired) electrons. The van der Waals surface area contributed by atoms with Crippen molar-refractivity contribution in [3.63, 3.8) is 0 Å². The Morgan fingerprint density at radius 2 is 2.05 bits per heavy atom. The summed E-state index contributed by atoms with van der Waals surface area (Å²) in [7, 11) is 0. The fraction of sp³-hybridized carbons (Fsp3) is 0.133. The third kappa shape index (κ3) is 3.48. The molecule has 2 rings (SSSR count). The number of carbonyl (C=O) groups excluding carboxylic acids is 1. The summed E-state index contributed by atoms with van der Waals surface area (Å²) < 4.78 is 0. The van der Waals surface area contributed by atoms with Crippen molar-refractivity contribution in [1.29, 1.82) is 0 Å². The van der Waals surface area contributed by atoms with E-state index in [1.165, 1.54) is 0 Å². The number of aryl methyl sites for hydroxylation is 1. The molecule has 0 aliphatic rings. The Morgan fingerprint density at radius 1 is 1.26 bits per heavy atom. The molecule has 0 saturated carbocycles. The average Bonchev–Trinajstić information content (AvgIpc) is 2.39. The van der Waals surface area contributed by atoms with Gasteiger partial charge >= 0.3 is 0 Å². The van der Waals surface area contributed by atoms with Crippen LogP contribution in [-0.4, -0.2) is 11.0 Å². The summed E-state index contributed by atoms with van der Waals surface area (Å²) in [5, 5.41) is 12.8. The van der Waals surface area contributed by atoms with E-state index >= 15 is 0 Å². The molecule has 0 aliphatic heterocycles. The molecule has 4 heteroatoms. The Morgan fingerprint density at radius 3 is 2.74 bits per heavy atom. The molecule has 2 aromatic carbocycles. The van der Waals surface area contributed by atoms with Crippen LogP contribution in [0.2, 0.25) is 5.02 Å². The summed E-state index contributed by atoms with van der Waals surface area (Å²) >= 11 is 5.92. The van der Waals surface area contributed by atoms with E-state index in [9.17, 15) is 9.90 Å². The second kappa shape index (κ2) is 5.76. The molecule has 3 nitrogen and oxygen atoms in total. The molecule has 2 aromatic rings. The van der Waals surface area contributed by atoms with E-state index < -0.39 is 0 Å². The molecule has 0 bridgehead atoms. The minimum Gasteiger partial charge on any atom is -0.508 e. The Balaban J connectivity index is 2.03. The lowest BCUT2D eigenvalue weighted by molar-refractivity contribution is 0.0951. The van der Waals surface area contributed by atoms with Gasteiger partial charge in [-0.15, -0.1) is 0 Å². The van der Waals surface area contributed by atoms with Crippen LogP contribution in [0.5, 0.6) is 5.75 Å². The topological polar surface area (TPSA) is 49.3 Å². The first-order valence-corrected chi connectivity index (χ1v) is 6.26. The van der Waals surface area contributed by atoms with E-state index in [2.05, 4.69) is 5.32 Å². The minimum absolute atomic E-state index is 0.164. The maximum atomic E-state index is 11.9. The van der Waals surface area contributed by atoms with Gasteiger partial charge in [0, 0.05) is 17.1 Å². The van der Waals surface area contributed by atoms with Crippen LogP contribution in [0.4, 0.5) is 0 Å². The second-order valence-electron chi connectivity index (χ2n) is 4.32. The molecule has 2 N–H and O–H groups in total. The molecule has 0 fully saturated rings. The molecule has 0 heterocycles. The van der Waals surface area contributed by atoms with E-state index in [1.807, 2.05) is 13.0 Å². The zero-order valence-electron chi connectivity index (χ0n) is 10.5. The quantitative estimate of drug-likeness (QED) is 0.903. The highest BCUT2D eigenvalue weighted by molar-refractivity contribution is 6.31. The summed E-state index contributed by atoms with van der Waals surface area (Å²) in [6, 6.07) is 11.9. The molecule has 0 aliphatic carbocycles. The first kappa shape index (κ1) is 13.4. The average molecular weight is 276 g/mol. The maximum Gasteiger partial charge on any atom is 0.251 e. The summed E-state index contributed by atoms with van der Waals surface area (Å²) in [6.45, 7) is 2.23. The van der Waals surface area contributed by atoms with Gasteiger partial charge in [0.05, 0.1) is 0 Å². The van der Waals surface area contributed by atoms with Crippen molar-refractivity contribution in [1.82, 2.24) is 5.32 Å². The Labute approximate surface area is 116 Å². The van der Waals surface area contributed by atoms with Crippen molar-refractivity contribution in [2.75, 3.05) is 0 Å². The van der Waals surface area contributed by atoms with E-state index in [4.69, 9.17) is 11.6 Å². The number of nitrogens with one attached hydrogen (secondary N) is 1. The first-order valence-electron chi connectivity index (χ1n) is 5.88. The highest BCUT2D eigenvalue weighted by Gasteiger charge is 2.07. The number of amides is 1. The number of phenolic OH excluding ortho intramolecular Hbond substituents is 1. The van der Waals surface area contributed by atoms with Crippen LogP contribution in [-0.2, 0) is 6.54 Å². The standard InChI is InChI=1S/C15H14ClNO2/c1-10-7-12(5-6-14(10)16)15(19)17-9-11-3-2-4-13(18)8-11/h2-8,18H,9H2,1H3,(H,17,19). The normalized spacial score (nSPS) is 10.2. The van der Waals surface area contributed by atoms with Gasteiger partial charge in [-0.1, -0.05) is 23.7 Å². The summed E-state index contributed by atoms with van der Waals surface area (Å²) in [4.78, 5) is 11.9. The molecular weight excluding hydrogens is 262 g/mol. The number of rotatable bonds is 3. The number of halogens is 1. The maximum absolute atomic E-state index is 11.9. The third-order valence-electron chi connectivity index (χ3n) is 2.78. The molecule has 19 heavy (non-hydrogen) atoms. The van der Waals surface area contributed by atoms with Gasteiger partial charge in [-0.3, -0.25) is 4.79 Å². The number of carbonyl (C=O) groups is 1. The van der Waals surface area contributed by atoms with Crippen molar-refractivity contribution in [3.8, 4) is 5.75 Å². The fourth-order valence-electron chi connectivity index (χ4n) is 1.74. The number of benzene rings is 2. The van der Waals surface area contributed by atoms with Crippen LogP contribution in [0.25, 0.3) is 0 Å². The third-order valence-corrected chi connectivity index (χ3v) is 3.21. The van der Waals surface area contributed by atoms with Gasteiger partial charge in [-0.25, -0.2) is 0 Å². The van der Waals surface area contributed by atoms with Crippen molar-refractivity contribution < 1.29 is 9.90 Å². The number of aromatic hydroxyl groups is 1. The summed E-state index contributed by atoms with van der Waals surface area (Å²) in [5.74, 6) is 0.0252. The molecular formula is C15H14ClNO2. The van der Waals surface area contributed by atoms with E-state index in [-0.39, 0.29) is 11.7 Å². The Kier molecular flexibility index (Phi) is 4.07. The lowest BCUT2D eigenvalue weighted by Crippen LogP contribution is -2.22. The fourth-order valence-corrected chi connectivity index (χ4v) is 1.85. The van der Waals surface area contributed by atoms with Crippen molar-refractivity contribution in [2.45, 2.75) is 13.5 Å². The van der Waals surface area contributed by atoms with Gasteiger partial charge < -0.3 is 10.4 Å². The predicted octanol–water partition coefficient (Wildman–Crippen LogP) is 3.28. The van der Waals surface area contributed by atoms with Crippen LogP contribution >= 0.6 is 11.6 Å². The largest absolute Gasteiger partial charge is 0.508 e. The van der Waals surface area contributed by atoms with Gasteiger partial charge in [0.1, 0.15) is 5.75 Å². The number of hydrogen-bond acceptors (Lipinski definition) is 2. The lowest BCUT2D eigenvalue weighted by Gasteiger charge is -2.07. The molecule has 0 atom stereocenters. The van der Waals surface area contributed by atoms with E-state index in [1.54, 1.807) is 36.4 Å². The number of phenols is 1. The van der Waals surface area contributed by atoms with Crippen molar-refractivity contribution >= 4 is 17.5 Å². The van der Waals surface area contributed by atoms with Gasteiger partial charge in [0.2, 0.25) is 0 Å². The predicted molar refractivity (Wildman–Crippen MR) is 75.5 cm³/mol. The monoisotopic (exact) mass is 275 g/mol. The van der Waals surface area contributed by atoms with E-state index in [0.29, 0.717) is 17.1 Å². The van der Waals surface area contributed by atoms with Crippen LogP contribution < -0.4 is 5.32 Å². The zero-order valence-corrected chi connectivity index (χ0v) is 11.2. The molecule has 0 aromatic heterocycles. The molecule has 0 spiro atoms. The highest BCUT2D eigenvalue weighted by Crippen LogP contribution is 2.16. The van der Waals surface area contributed by atoms with Gasteiger partial charge in [-0.2, -0.15) is 0 Å². The lowest BCUT2D eigenvalue weighted by atomic mass is 10.1.